The molecule has 1 heterocycles. The number of nitriles is 1. The number of amides is 1. The Hall–Kier alpha value is -1.86. The highest BCUT2D eigenvalue weighted by Crippen LogP contribution is 2.10. The van der Waals surface area contributed by atoms with E-state index >= 15 is 0 Å². The molecular weight excluding hydrogens is 443 g/mol. The van der Waals surface area contributed by atoms with Gasteiger partial charge < -0.3 is 16.0 Å². The maximum Gasteiger partial charge on any atom is 0.233 e. The number of carbonyl (C=O) groups is 1. The first-order chi connectivity index (χ1) is 12.1. The van der Waals surface area contributed by atoms with Crippen LogP contribution in [0.1, 0.15) is 24.0 Å². The summed E-state index contributed by atoms with van der Waals surface area (Å²) in [5, 5.41) is 18.2. The number of carbonyl (C=O) groups excluding carboxylic acids is 1. The number of likely N-dealkylation sites (tertiary alicyclic amines) is 1. The lowest BCUT2D eigenvalue weighted by atomic mass is 10.1. The molecule has 7 nitrogen and oxygen atoms in total. The lowest BCUT2D eigenvalue weighted by Gasteiger charge is -2.32. The van der Waals surface area contributed by atoms with Crippen molar-refractivity contribution < 1.29 is 4.79 Å². The summed E-state index contributed by atoms with van der Waals surface area (Å²) in [6.45, 7) is 2.92. The first kappa shape index (κ1) is 22.2. The normalized spacial score (nSPS) is 15.5. The minimum absolute atomic E-state index is 0. The van der Waals surface area contributed by atoms with Gasteiger partial charge in [0.1, 0.15) is 0 Å². The summed E-state index contributed by atoms with van der Waals surface area (Å²) in [6, 6.07) is 9.98. The lowest BCUT2D eigenvalue weighted by Crippen LogP contribution is -2.49. The molecule has 0 radical (unpaired) electrons. The lowest BCUT2D eigenvalue weighted by molar-refractivity contribution is -0.122. The first-order valence-electron chi connectivity index (χ1n) is 8.53. The van der Waals surface area contributed by atoms with Crippen LogP contribution in [-0.4, -0.2) is 56.5 Å². The van der Waals surface area contributed by atoms with E-state index < -0.39 is 0 Å². The zero-order valence-electron chi connectivity index (χ0n) is 15.3. The van der Waals surface area contributed by atoms with Crippen molar-refractivity contribution in [2.45, 2.75) is 25.4 Å². The monoisotopic (exact) mass is 470 g/mol. The standard InChI is InChI=1S/C18H26N6O.HI/c1-20-17(25)13-24-9-7-16(8-10-24)23-18(21-2)22-12-15-5-3-14(11-19)4-6-15;/h3-6,16H,7-10,12-13H2,1-2H3,(H,20,25)(H2,21,22,23);1H. The van der Waals surface area contributed by atoms with Gasteiger partial charge in [0.2, 0.25) is 5.91 Å². The Kier molecular flexibility index (Phi) is 9.98. The fourth-order valence-electron chi connectivity index (χ4n) is 2.79. The molecule has 1 aliphatic heterocycles. The topological polar surface area (TPSA) is 92.6 Å². The average molecular weight is 470 g/mol. The zero-order valence-corrected chi connectivity index (χ0v) is 17.6. The molecule has 1 fully saturated rings. The number of nitrogens with one attached hydrogen (secondary N) is 3. The van der Waals surface area contributed by atoms with E-state index in [9.17, 15) is 4.79 Å². The van der Waals surface area contributed by atoms with Gasteiger partial charge in [-0.2, -0.15) is 5.26 Å². The van der Waals surface area contributed by atoms with Crippen molar-refractivity contribution in [2.24, 2.45) is 4.99 Å². The van der Waals surface area contributed by atoms with E-state index in [4.69, 9.17) is 5.26 Å². The number of hydrogen-bond donors (Lipinski definition) is 3. The Bertz CT molecular complexity index is 632. The second-order valence-corrected chi connectivity index (χ2v) is 6.10. The van der Waals surface area contributed by atoms with Crippen molar-refractivity contribution in [3.05, 3.63) is 35.4 Å². The molecule has 2 rings (SSSR count). The van der Waals surface area contributed by atoms with Crippen LogP contribution in [0, 0.1) is 11.3 Å². The van der Waals surface area contributed by atoms with Gasteiger partial charge >= 0.3 is 0 Å². The summed E-state index contributed by atoms with van der Waals surface area (Å²) >= 11 is 0. The number of likely N-dealkylation sites (N-methyl/N-ethyl adjacent to an activating group) is 1. The highest BCUT2D eigenvalue weighted by molar-refractivity contribution is 14.0. The van der Waals surface area contributed by atoms with Crippen LogP contribution in [0.25, 0.3) is 0 Å². The predicted molar refractivity (Wildman–Crippen MR) is 113 cm³/mol. The molecule has 3 N–H and O–H groups in total. The van der Waals surface area contributed by atoms with Crippen molar-refractivity contribution in [3.8, 4) is 6.07 Å². The summed E-state index contributed by atoms with van der Waals surface area (Å²) in [5.74, 6) is 0.834. The molecule has 0 spiro atoms. The SMILES string of the molecule is CN=C(NCc1ccc(C#N)cc1)NC1CCN(CC(=O)NC)CC1.I. The molecule has 26 heavy (non-hydrogen) atoms. The summed E-state index contributed by atoms with van der Waals surface area (Å²) in [6.07, 6.45) is 1.96. The minimum Gasteiger partial charge on any atom is -0.358 e. The smallest absolute Gasteiger partial charge is 0.233 e. The first-order valence-corrected chi connectivity index (χ1v) is 8.53. The molecule has 0 unspecified atom stereocenters. The highest BCUT2D eigenvalue weighted by atomic mass is 127. The quantitative estimate of drug-likeness (QED) is 0.340. The van der Waals surface area contributed by atoms with E-state index in [0.717, 1.165) is 37.5 Å². The van der Waals surface area contributed by atoms with Gasteiger partial charge in [-0.05, 0) is 30.5 Å². The van der Waals surface area contributed by atoms with E-state index in [2.05, 4.69) is 31.9 Å². The molecule has 0 atom stereocenters. The molecule has 1 aromatic carbocycles. The molecule has 1 amide bonds. The van der Waals surface area contributed by atoms with Gasteiger partial charge in [0.05, 0.1) is 18.2 Å². The van der Waals surface area contributed by atoms with Crippen molar-refractivity contribution >= 4 is 35.8 Å². The van der Waals surface area contributed by atoms with Crippen molar-refractivity contribution in [2.75, 3.05) is 33.7 Å². The largest absolute Gasteiger partial charge is 0.358 e. The number of halogens is 1. The number of aliphatic imine (C=N–C) groups is 1. The van der Waals surface area contributed by atoms with Gasteiger partial charge in [0.25, 0.3) is 0 Å². The van der Waals surface area contributed by atoms with Crippen LogP contribution < -0.4 is 16.0 Å². The molecule has 8 heteroatoms. The second kappa shape index (κ2) is 11.7. The molecule has 0 saturated carbocycles. The Morgan fingerprint density at radius 1 is 1.31 bits per heavy atom. The molecular formula is C18H27IN6O. The van der Waals surface area contributed by atoms with Crippen LogP contribution in [0.4, 0.5) is 0 Å². The maximum absolute atomic E-state index is 11.4. The fraction of sp³-hybridized carbons (Fsp3) is 0.500. The van der Waals surface area contributed by atoms with Crippen molar-refractivity contribution in [1.29, 1.82) is 5.26 Å². The van der Waals surface area contributed by atoms with E-state index in [0.29, 0.717) is 24.7 Å². The molecule has 142 valence electrons. The number of piperidine rings is 1. The molecule has 0 aliphatic carbocycles. The van der Waals surface area contributed by atoms with E-state index in [1.54, 1.807) is 14.1 Å². The second-order valence-electron chi connectivity index (χ2n) is 6.10. The maximum atomic E-state index is 11.4. The van der Waals surface area contributed by atoms with Gasteiger partial charge in [0.15, 0.2) is 5.96 Å². The highest BCUT2D eigenvalue weighted by Gasteiger charge is 2.21. The van der Waals surface area contributed by atoms with Crippen LogP contribution in [0.15, 0.2) is 29.3 Å². The summed E-state index contributed by atoms with van der Waals surface area (Å²) in [7, 11) is 3.43. The van der Waals surface area contributed by atoms with E-state index in [-0.39, 0.29) is 29.9 Å². The van der Waals surface area contributed by atoms with E-state index in [1.165, 1.54) is 0 Å². The van der Waals surface area contributed by atoms with Gasteiger partial charge in [-0.25, -0.2) is 0 Å². The average Bonchev–Trinajstić information content (AvgIpc) is 2.66. The molecule has 1 aliphatic rings. The number of guanidine groups is 1. The summed E-state index contributed by atoms with van der Waals surface area (Å²) < 4.78 is 0. The van der Waals surface area contributed by atoms with Gasteiger partial charge in [0, 0.05) is 39.8 Å². The molecule has 1 aromatic rings. The zero-order chi connectivity index (χ0) is 18.1. The van der Waals surface area contributed by atoms with Gasteiger partial charge in [-0.1, -0.05) is 12.1 Å². The van der Waals surface area contributed by atoms with Gasteiger partial charge in [-0.3, -0.25) is 14.7 Å². The fourth-order valence-corrected chi connectivity index (χ4v) is 2.79. The Morgan fingerprint density at radius 2 is 1.96 bits per heavy atom. The van der Waals surface area contributed by atoms with Crippen LogP contribution in [0.2, 0.25) is 0 Å². The van der Waals surface area contributed by atoms with Crippen LogP contribution in [0.5, 0.6) is 0 Å². The number of benzene rings is 1. The summed E-state index contributed by atoms with van der Waals surface area (Å²) in [5.41, 5.74) is 1.76. The van der Waals surface area contributed by atoms with E-state index in [1.807, 2.05) is 24.3 Å². The van der Waals surface area contributed by atoms with Gasteiger partial charge in [-0.15, -0.1) is 24.0 Å². The third-order valence-corrected chi connectivity index (χ3v) is 4.34. The van der Waals surface area contributed by atoms with Crippen molar-refractivity contribution in [3.63, 3.8) is 0 Å². The van der Waals surface area contributed by atoms with Crippen LogP contribution >= 0.6 is 24.0 Å². The predicted octanol–water partition coefficient (Wildman–Crippen LogP) is 1.05. The molecule has 0 bridgehead atoms. The molecule has 1 saturated heterocycles. The Balaban J connectivity index is 0.00000338. The third-order valence-electron chi connectivity index (χ3n) is 4.34. The molecule has 0 aromatic heterocycles. The van der Waals surface area contributed by atoms with Crippen LogP contribution in [0.3, 0.4) is 0 Å². The third kappa shape index (κ3) is 7.17. The minimum atomic E-state index is 0. The van der Waals surface area contributed by atoms with Crippen molar-refractivity contribution in [1.82, 2.24) is 20.9 Å². The Labute approximate surface area is 172 Å². The van der Waals surface area contributed by atoms with Crippen LogP contribution in [-0.2, 0) is 11.3 Å². The Morgan fingerprint density at radius 3 is 2.50 bits per heavy atom. The number of hydrogen-bond acceptors (Lipinski definition) is 4. The number of nitrogens with zero attached hydrogens (tertiary/aromatic N) is 3. The number of rotatable bonds is 5. The summed E-state index contributed by atoms with van der Waals surface area (Å²) in [4.78, 5) is 17.9.